The molecular weight excluding hydrogens is 241 g/mol. The highest BCUT2D eigenvalue weighted by Gasteiger charge is 2.15. The van der Waals surface area contributed by atoms with E-state index >= 15 is 0 Å². The molecule has 0 aromatic heterocycles. The number of carbonyl (C=O) groups is 1. The van der Waals surface area contributed by atoms with Gasteiger partial charge < -0.3 is 10.0 Å². The van der Waals surface area contributed by atoms with Gasteiger partial charge in [0, 0.05) is 23.5 Å². The number of rotatable bonds is 5. The molecule has 0 aliphatic heterocycles. The first-order chi connectivity index (χ1) is 8.10. The van der Waals surface area contributed by atoms with Gasteiger partial charge in [0.15, 0.2) is 0 Å². The van der Waals surface area contributed by atoms with Crippen LogP contribution < -0.4 is 0 Å². The van der Waals surface area contributed by atoms with Crippen LogP contribution in [0, 0.1) is 5.82 Å². The Balaban J connectivity index is 2.88. The molecule has 0 aliphatic rings. The summed E-state index contributed by atoms with van der Waals surface area (Å²) in [5.41, 5.74) is 0.387. The lowest BCUT2D eigenvalue weighted by atomic mass is 10.2. The van der Waals surface area contributed by atoms with Crippen molar-refractivity contribution in [1.29, 1.82) is 0 Å². The molecule has 0 atom stereocenters. The summed E-state index contributed by atoms with van der Waals surface area (Å²) in [6.45, 7) is 2.72. The second-order valence-corrected chi connectivity index (χ2v) is 4.16. The molecule has 0 saturated carbocycles. The fraction of sp³-hybridized carbons (Fsp3) is 0.417. The maximum Gasteiger partial charge on any atom is 0.253 e. The topological polar surface area (TPSA) is 40.5 Å². The quantitative estimate of drug-likeness (QED) is 0.792. The molecule has 0 radical (unpaired) electrons. The second-order valence-electron chi connectivity index (χ2n) is 3.68. The van der Waals surface area contributed by atoms with Crippen LogP contribution in [0.25, 0.3) is 0 Å². The summed E-state index contributed by atoms with van der Waals surface area (Å²) in [6.07, 6.45) is 0.806. The Kier molecular flexibility index (Phi) is 5.44. The highest BCUT2D eigenvalue weighted by Crippen LogP contribution is 2.15. The number of nitrogens with zero attached hydrogens (tertiary/aromatic N) is 1. The number of carbonyl (C=O) groups excluding carboxylic acids is 1. The monoisotopic (exact) mass is 257 g/mol. The number of aliphatic hydroxyl groups excluding tert-OH is 1. The molecule has 17 heavy (non-hydrogen) atoms. The number of halogens is 1. The summed E-state index contributed by atoms with van der Waals surface area (Å²) < 4.78 is 13.0. The van der Waals surface area contributed by atoms with Crippen molar-refractivity contribution in [2.75, 3.05) is 19.7 Å². The van der Waals surface area contributed by atoms with E-state index in [0.29, 0.717) is 12.1 Å². The number of benzene rings is 1. The minimum absolute atomic E-state index is 0.0827. The zero-order valence-electron chi connectivity index (χ0n) is 9.69. The van der Waals surface area contributed by atoms with Crippen molar-refractivity contribution < 1.29 is 14.3 Å². The lowest BCUT2D eigenvalue weighted by Gasteiger charge is -2.21. The molecule has 1 N–H and O–H groups in total. The molecule has 0 saturated heterocycles. The van der Waals surface area contributed by atoms with Crippen molar-refractivity contribution in [2.24, 2.45) is 0 Å². The molecule has 1 amide bonds. The Hall–Kier alpha value is -1.07. The maximum atomic E-state index is 13.0. The summed E-state index contributed by atoms with van der Waals surface area (Å²) in [5, 5.41) is 8.89. The van der Waals surface area contributed by atoms with E-state index in [1.54, 1.807) is 4.90 Å². The van der Waals surface area contributed by atoms with Crippen molar-refractivity contribution in [1.82, 2.24) is 4.90 Å². The van der Waals surface area contributed by atoms with E-state index < -0.39 is 5.82 Å². The van der Waals surface area contributed by atoms with E-state index in [-0.39, 0.29) is 24.0 Å². The zero-order valence-corrected chi connectivity index (χ0v) is 10.6. The van der Waals surface area contributed by atoms with Crippen LogP contribution in [0.15, 0.2) is 23.1 Å². The molecule has 0 unspecified atom stereocenters. The van der Waals surface area contributed by atoms with Crippen LogP contribution in [0.1, 0.15) is 23.7 Å². The zero-order chi connectivity index (χ0) is 12.8. The fourth-order valence-corrected chi connectivity index (χ4v) is 1.75. The maximum absolute atomic E-state index is 13.0. The average molecular weight is 257 g/mol. The summed E-state index contributed by atoms with van der Waals surface area (Å²) in [4.78, 5) is 13.7. The van der Waals surface area contributed by atoms with Gasteiger partial charge in [-0.1, -0.05) is 6.92 Å². The molecule has 0 heterocycles. The largest absolute Gasteiger partial charge is 0.395 e. The SMILES string of the molecule is CCCN(CCO)C(=O)c1ccc(F)c(S)c1. The lowest BCUT2D eigenvalue weighted by Crippen LogP contribution is -2.34. The Labute approximate surface area is 106 Å². The minimum Gasteiger partial charge on any atom is -0.395 e. The van der Waals surface area contributed by atoms with Crippen LogP contribution in [0.4, 0.5) is 4.39 Å². The van der Waals surface area contributed by atoms with Gasteiger partial charge in [-0.25, -0.2) is 4.39 Å². The molecule has 0 spiro atoms. The Morgan fingerprint density at radius 3 is 2.71 bits per heavy atom. The summed E-state index contributed by atoms with van der Waals surface area (Å²) in [6, 6.07) is 4.05. The van der Waals surface area contributed by atoms with Gasteiger partial charge in [0.25, 0.3) is 5.91 Å². The second kappa shape index (κ2) is 6.61. The van der Waals surface area contributed by atoms with E-state index in [2.05, 4.69) is 12.6 Å². The first-order valence-corrected chi connectivity index (χ1v) is 5.93. The van der Waals surface area contributed by atoms with E-state index in [1.807, 2.05) is 6.92 Å². The van der Waals surface area contributed by atoms with E-state index in [1.165, 1.54) is 18.2 Å². The third-order valence-electron chi connectivity index (χ3n) is 2.34. The number of thiol groups is 1. The van der Waals surface area contributed by atoms with Crippen molar-refractivity contribution in [2.45, 2.75) is 18.2 Å². The summed E-state index contributed by atoms with van der Waals surface area (Å²) in [7, 11) is 0. The van der Waals surface area contributed by atoms with Crippen molar-refractivity contribution in [3.8, 4) is 0 Å². The highest BCUT2D eigenvalue weighted by molar-refractivity contribution is 7.80. The van der Waals surface area contributed by atoms with Gasteiger partial charge in [-0.2, -0.15) is 0 Å². The van der Waals surface area contributed by atoms with Crippen molar-refractivity contribution >= 4 is 18.5 Å². The first kappa shape index (κ1) is 14.0. The molecule has 94 valence electrons. The third kappa shape index (κ3) is 3.71. The van der Waals surface area contributed by atoms with Gasteiger partial charge in [-0.05, 0) is 24.6 Å². The fourth-order valence-electron chi connectivity index (χ4n) is 1.53. The van der Waals surface area contributed by atoms with E-state index in [9.17, 15) is 9.18 Å². The molecule has 5 heteroatoms. The minimum atomic E-state index is -0.450. The number of aliphatic hydroxyl groups is 1. The van der Waals surface area contributed by atoms with Crippen molar-refractivity contribution in [3.05, 3.63) is 29.6 Å². The number of amides is 1. The van der Waals surface area contributed by atoms with Crippen LogP contribution >= 0.6 is 12.6 Å². The van der Waals surface area contributed by atoms with Crippen molar-refractivity contribution in [3.63, 3.8) is 0 Å². The van der Waals surface area contributed by atoms with E-state index in [0.717, 1.165) is 6.42 Å². The van der Waals surface area contributed by atoms with E-state index in [4.69, 9.17) is 5.11 Å². The Morgan fingerprint density at radius 2 is 2.18 bits per heavy atom. The van der Waals surface area contributed by atoms with Gasteiger partial charge in [-0.15, -0.1) is 12.6 Å². The smallest absolute Gasteiger partial charge is 0.253 e. The standard InChI is InChI=1S/C12H16FNO2S/c1-2-5-14(6-7-15)12(16)9-3-4-10(13)11(17)8-9/h3-4,8,15,17H,2,5-7H2,1H3. The Bertz CT molecular complexity index is 392. The van der Waals surface area contributed by atoms with Crippen LogP contribution in [0.5, 0.6) is 0 Å². The average Bonchev–Trinajstić information content (AvgIpc) is 2.31. The lowest BCUT2D eigenvalue weighted by molar-refractivity contribution is 0.0721. The molecular formula is C12H16FNO2S. The van der Waals surface area contributed by atoms with Crippen LogP contribution in [-0.4, -0.2) is 35.6 Å². The molecule has 1 rings (SSSR count). The van der Waals surface area contributed by atoms with Gasteiger partial charge in [-0.3, -0.25) is 4.79 Å². The van der Waals surface area contributed by atoms with Gasteiger partial charge in [0.05, 0.1) is 6.61 Å². The molecule has 3 nitrogen and oxygen atoms in total. The van der Waals surface area contributed by atoms with Crippen LogP contribution in [0.3, 0.4) is 0 Å². The first-order valence-electron chi connectivity index (χ1n) is 5.48. The predicted octanol–water partition coefficient (Wildman–Crippen LogP) is 1.96. The highest BCUT2D eigenvalue weighted by atomic mass is 32.1. The van der Waals surface area contributed by atoms with Gasteiger partial charge in [0.2, 0.25) is 0 Å². The Morgan fingerprint density at radius 1 is 1.47 bits per heavy atom. The number of hydrogen-bond acceptors (Lipinski definition) is 3. The molecule has 0 bridgehead atoms. The normalized spacial score (nSPS) is 10.4. The van der Waals surface area contributed by atoms with Gasteiger partial charge >= 0.3 is 0 Å². The summed E-state index contributed by atoms with van der Waals surface area (Å²) >= 11 is 3.94. The predicted molar refractivity (Wildman–Crippen MR) is 66.9 cm³/mol. The van der Waals surface area contributed by atoms with Crippen LogP contribution in [-0.2, 0) is 0 Å². The third-order valence-corrected chi connectivity index (χ3v) is 2.69. The van der Waals surface area contributed by atoms with Crippen LogP contribution in [0.2, 0.25) is 0 Å². The molecule has 0 fully saturated rings. The van der Waals surface area contributed by atoms with Gasteiger partial charge in [0.1, 0.15) is 5.82 Å². The summed E-state index contributed by atoms with van der Waals surface area (Å²) in [5.74, 6) is -0.662. The molecule has 1 aromatic rings. The molecule has 0 aliphatic carbocycles. The number of hydrogen-bond donors (Lipinski definition) is 2. The molecule has 1 aromatic carbocycles.